The van der Waals surface area contributed by atoms with Gasteiger partial charge in [0.1, 0.15) is 0 Å². The molecule has 0 N–H and O–H groups in total. The van der Waals surface area contributed by atoms with Gasteiger partial charge in [0.25, 0.3) is 0 Å². The van der Waals surface area contributed by atoms with Gasteiger partial charge >= 0.3 is 0 Å². The Labute approximate surface area is 125 Å². The van der Waals surface area contributed by atoms with Crippen molar-refractivity contribution in [2.75, 3.05) is 0 Å². The molecule has 0 spiro atoms. The molecule has 1 atom stereocenters. The first-order chi connectivity index (χ1) is 9.86. The molecule has 0 heterocycles. The maximum absolute atomic E-state index is 2.30. The zero-order valence-corrected chi connectivity index (χ0v) is 13.8. The van der Waals surface area contributed by atoms with Gasteiger partial charge in [0, 0.05) is 0 Å². The third kappa shape index (κ3) is 7.13. The van der Waals surface area contributed by atoms with E-state index in [1.807, 2.05) is 27.7 Å². The van der Waals surface area contributed by atoms with Crippen LogP contribution < -0.4 is 0 Å². The molecule has 20 heavy (non-hydrogen) atoms. The van der Waals surface area contributed by atoms with E-state index < -0.39 is 0 Å². The molecule has 0 saturated carbocycles. The van der Waals surface area contributed by atoms with Gasteiger partial charge in [-0.15, -0.1) is 0 Å². The summed E-state index contributed by atoms with van der Waals surface area (Å²) in [6, 6.07) is 21.5. The molecule has 0 saturated heterocycles. The predicted octanol–water partition coefficient (Wildman–Crippen LogP) is 6.48. The summed E-state index contributed by atoms with van der Waals surface area (Å²) in [6.45, 7) is 10.3. The lowest BCUT2D eigenvalue weighted by Gasteiger charge is -2.11. The summed E-state index contributed by atoms with van der Waals surface area (Å²) in [7, 11) is 0. The van der Waals surface area contributed by atoms with Crippen LogP contribution in [0.5, 0.6) is 0 Å². The second-order valence-electron chi connectivity index (χ2n) is 4.34. The minimum atomic E-state index is 0.640. The largest absolute Gasteiger partial charge is 0.0683 e. The topological polar surface area (TPSA) is 0 Å². The van der Waals surface area contributed by atoms with E-state index >= 15 is 0 Å². The zero-order chi connectivity index (χ0) is 15.2. The Morgan fingerprint density at radius 3 is 1.65 bits per heavy atom. The Kier molecular flexibility index (Phi) is 11.5. The minimum absolute atomic E-state index is 0.640. The van der Waals surface area contributed by atoms with E-state index in [1.54, 1.807) is 0 Å². The summed E-state index contributed by atoms with van der Waals surface area (Å²) in [5.74, 6) is 0.640. The van der Waals surface area contributed by atoms with Gasteiger partial charge in [0.2, 0.25) is 0 Å². The molecule has 2 aromatic carbocycles. The quantitative estimate of drug-likeness (QED) is 0.597. The van der Waals surface area contributed by atoms with E-state index in [4.69, 9.17) is 0 Å². The predicted molar refractivity (Wildman–Crippen MR) is 92.3 cm³/mol. The van der Waals surface area contributed by atoms with Crippen LogP contribution in [-0.4, -0.2) is 0 Å². The molecule has 1 unspecified atom stereocenters. The Hall–Kier alpha value is -1.56. The highest BCUT2D eigenvalue weighted by Gasteiger charge is 2.04. The van der Waals surface area contributed by atoms with E-state index in [0.29, 0.717) is 5.92 Å². The van der Waals surface area contributed by atoms with Crippen LogP contribution in [0.1, 0.15) is 58.1 Å². The average Bonchev–Trinajstić information content (AvgIpc) is 2.58. The molecule has 0 bridgehead atoms. The fourth-order valence-electron chi connectivity index (χ4n) is 1.98. The molecule has 0 amide bonds. The lowest BCUT2D eigenvalue weighted by Crippen LogP contribution is -1.95. The van der Waals surface area contributed by atoms with Gasteiger partial charge in [0.05, 0.1) is 0 Å². The molecule has 0 fully saturated rings. The van der Waals surface area contributed by atoms with Crippen LogP contribution in [-0.2, 0) is 6.42 Å². The van der Waals surface area contributed by atoms with Crippen molar-refractivity contribution >= 4 is 0 Å². The van der Waals surface area contributed by atoms with E-state index in [1.165, 1.54) is 17.5 Å². The molecule has 2 aromatic rings. The van der Waals surface area contributed by atoms with Crippen LogP contribution in [0.25, 0.3) is 0 Å². The number of hydrogen-bond acceptors (Lipinski definition) is 0. The van der Waals surface area contributed by atoms with Gasteiger partial charge in [-0.25, -0.2) is 0 Å². The normalized spacial score (nSPS) is 10.4. The number of benzene rings is 2. The van der Waals surface area contributed by atoms with Crippen LogP contribution >= 0.6 is 0 Å². The van der Waals surface area contributed by atoms with E-state index in [0.717, 1.165) is 6.42 Å². The van der Waals surface area contributed by atoms with Crippen molar-refractivity contribution in [2.45, 2.75) is 53.4 Å². The van der Waals surface area contributed by atoms with Crippen molar-refractivity contribution in [3.63, 3.8) is 0 Å². The summed E-state index contributed by atoms with van der Waals surface area (Å²) in [6.07, 6.45) is 2.38. The highest BCUT2D eigenvalue weighted by Crippen LogP contribution is 2.20. The van der Waals surface area contributed by atoms with Crippen molar-refractivity contribution in [1.82, 2.24) is 0 Å². The molecule has 0 aliphatic rings. The zero-order valence-electron chi connectivity index (χ0n) is 13.8. The summed E-state index contributed by atoms with van der Waals surface area (Å²) in [5.41, 5.74) is 2.88. The van der Waals surface area contributed by atoms with Crippen molar-refractivity contribution in [3.05, 3.63) is 71.8 Å². The second-order valence-corrected chi connectivity index (χ2v) is 4.34. The fourth-order valence-corrected chi connectivity index (χ4v) is 1.98. The van der Waals surface area contributed by atoms with Crippen LogP contribution in [0.15, 0.2) is 60.7 Å². The maximum Gasteiger partial charge on any atom is -0.0187 e. The molecule has 0 aliphatic heterocycles. The molecule has 2 rings (SSSR count). The Balaban J connectivity index is 0.000000829. The van der Waals surface area contributed by atoms with Crippen molar-refractivity contribution in [1.29, 1.82) is 0 Å². The van der Waals surface area contributed by atoms with Crippen molar-refractivity contribution in [2.24, 2.45) is 0 Å². The Morgan fingerprint density at radius 2 is 1.15 bits per heavy atom. The summed E-state index contributed by atoms with van der Waals surface area (Å²) < 4.78 is 0. The first-order valence-corrected chi connectivity index (χ1v) is 7.95. The highest BCUT2D eigenvalue weighted by molar-refractivity contribution is 5.20. The highest BCUT2D eigenvalue weighted by atomic mass is 14.1. The molecular weight excluding hydrogens is 240 g/mol. The third-order valence-corrected chi connectivity index (χ3v) is 3.08. The van der Waals surface area contributed by atoms with E-state index in [2.05, 4.69) is 67.6 Å². The van der Waals surface area contributed by atoms with Crippen LogP contribution in [0, 0.1) is 0 Å². The first kappa shape index (κ1) is 18.4. The van der Waals surface area contributed by atoms with Crippen molar-refractivity contribution < 1.29 is 0 Å². The standard InChI is InChI=1S/C16H18.2C2H6/c1-14(16-10-6-3-7-11-16)12-13-15-8-4-2-5-9-15;2*1-2/h2-11,14H,12-13H2,1H3;2*1-2H3. The van der Waals surface area contributed by atoms with E-state index in [-0.39, 0.29) is 0 Å². The lowest BCUT2D eigenvalue weighted by molar-refractivity contribution is 0.679. The SMILES string of the molecule is CC.CC.CC(CCc1ccccc1)c1ccccc1. The minimum Gasteiger partial charge on any atom is -0.0683 e. The maximum atomic E-state index is 2.30. The molecule has 0 radical (unpaired) electrons. The molecular formula is C20H30. The number of rotatable bonds is 4. The average molecular weight is 270 g/mol. The number of hydrogen-bond donors (Lipinski definition) is 0. The summed E-state index contributed by atoms with van der Waals surface area (Å²) in [5, 5.41) is 0. The molecule has 0 heteroatoms. The van der Waals surface area contributed by atoms with Gasteiger partial charge in [-0.2, -0.15) is 0 Å². The molecule has 0 aromatic heterocycles. The third-order valence-electron chi connectivity index (χ3n) is 3.08. The second kappa shape index (κ2) is 12.5. The van der Waals surface area contributed by atoms with Crippen LogP contribution in [0.4, 0.5) is 0 Å². The molecule has 110 valence electrons. The van der Waals surface area contributed by atoms with Crippen molar-refractivity contribution in [3.8, 4) is 0 Å². The Morgan fingerprint density at radius 1 is 0.700 bits per heavy atom. The lowest BCUT2D eigenvalue weighted by atomic mass is 9.94. The first-order valence-electron chi connectivity index (χ1n) is 7.95. The van der Waals surface area contributed by atoms with Crippen LogP contribution in [0.3, 0.4) is 0 Å². The van der Waals surface area contributed by atoms with E-state index in [9.17, 15) is 0 Å². The van der Waals surface area contributed by atoms with Gasteiger partial charge < -0.3 is 0 Å². The smallest absolute Gasteiger partial charge is 0.0187 e. The fraction of sp³-hybridized carbons (Fsp3) is 0.400. The van der Waals surface area contributed by atoms with Gasteiger partial charge in [0.15, 0.2) is 0 Å². The van der Waals surface area contributed by atoms with Crippen LogP contribution in [0.2, 0.25) is 0 Å². The summed E-state index contributed by atoms with van der Waals surface area (Å²) in [4.78, 5) is 0. The van der Waals surface area contributed by atoms with Gasteiger partial charge in [-0.3, -0.25) is 0 Å². The molecule has 0 aliphatic carbocycles. The summed E-state index contributed by atoms with van der Waals surface area (Å²) >= 11 is 0. The number of aryl methyl sites for hydroxylation is 1. The molecule has 0 nitrogen and oxygen atoms in total. The van der Waals surface area contributed by atoms with Gasteiger partial charge in [-0.05, 0) is 29.9 Å². The Bertz CT molecular complexity index is 403. The van der Waals surface area contributed by atoms with Gasteiger partial charge in [-0.1, -0.05) is 95.3 Å². The monoisotopic (exact) mass is 270 g/mol.